The van der Waals surface area contributed by atoms with E-state index in [-0.39, 0.29) is 5.91 Å². The number of hydrogen-bond acceptors (Lipinski definition) is 3. The minimum Gasteiger partial charge on any atom is -0.355 e. The molecule has 0 saturated heterocycles. The van der Waals surface area contributed by atoms with Gasteiger partial charge >= 0.3 is 0 Å². The molecule has 0 aromatic carbocycles. The van der Waals surface area contributed by atoms with E-state index in [1.807, 2.05) is 13.1 Å². The summed E-state index contributed by atoms with van der Waals surface area (Å²) in [6.45, 7) is 7.82. The van der Waals surface area contributed by atoms with Crippen molar-refractivity contribution < 1.29 is 4.79 Å². The van der Waals surface area contributed by atoms with Crippen molar-refractivity contribution in [2.45, 2.75) is 39.9 Å². The second-order valence-corrected chi connectivity index (χ2v) is 4.03. The zero-order chi connectivity index (χ0) is 12.0. The molecule has 0 atom stereocenters. The maximum atomic E-state index is 11.3. The van der Waals surface area contributed by atoms with Crippen LogP contribution in [0.5, 0.6) is 0 Å². The fraction of sp³-hybridized carbons (Fsp3) is 0.636. The lowest BCUT2D eigenvalue weighted by molar-refractivity contribution is -0.121. The van der Waals surface area contributed by atoms with E-state index in [1.54, 1.807) is 10.9 Å². The van der Waals surface area contributed by atoms with Crippen LogP contribution in [-0.4, -0.2) is 28.0 Å². The molecule has 90 valence electrons. The highest BCUT2D eigenvalue weighted by molar-refractivity contribution is 5.75. The van der Waals surface area contributed by atoms with Gasteiger partial charge in [-0.25, -0.2) is 4.98 Å². The Kier molecular flexibility index (Phi) is 4.98. The van der Waals surface area contributed by atoms with Crippen molar-refractivity contribution in [1.29, 1.82) is 0 Å². The van der Waals surface area contributed by atoms with Crippen LogP contribution in [0.3, 0.4) is 0 Å². The van der Waals surface area contributed by atoms with E-state index < -0.39 is 0 Å². The molecule has 0 unspecified atom stereocenters. The van der Waals surface area contributed by atoms with Gasteiger partial charge in [0.15, 0.2) is 0 Å². The lowest BCUT2D eigenvalue weighted by Crippen LogP contribution is -2.26. The molecule has 5 heteroatoms. The van der Waals surface area contributed by atoms with Crippen molar-refractivity contribution in [2.24, 2.45) is 0 Å². The van der Waals surface area contributed by atoms with Crippen LogP contribution in [-0.2, 0) is 17.9 Å². The smallest absolute Gasteiger partial charge is 0.239 e. The number of carbonyl (C=O) groups excluding carboxylic acids is 1. The van der Waals surface area contributed by atoms with Crippen molar-refractivity contribution in [3.8, 4) is 0 Å². The topological polar surface area (TPSA) is 59.0 Å². The summed E-state index contributed by atoms with van der Waals surface area (Å²) < 4.78 is 1.79. The number of aromatic nitrogens is 2. The Bertz CT molecular complexity index is 332. The Morgan fingerprint density at radius 3 is 2.94 bits per heavy atom. The van der Waals surface area contributed by atoms with Gasteiger partial charge in [-0.1, -0.05) is 13.8 Å². The SMILES string of the molecule is CCNC(=O)Cn1cnc(CNC(C)C)c1. The van der Waals surface area contributed by atoms with Crippen LogP contribution in [0.4, 0.5) is 0 Å². The molecule has 1 rings (SSSR count). The summed E-state index contributed by atoms with van der Waals surface area (Å²) in [5, 5.41) is 6.03. The van der Waals surface area contributed by atoms with Crippen LogP contribution in [0.2, 0.25) is 0 Å². The molecular formula is C11H20N4O. The molecule has 1 aromatic heterocycles. The Hall–Kier alpha value is -1.36. The highest BCUT2D eigenvalue weighted by Gasteiger charge is 2.03. The van der Waals surface area contributed by atoms with Gasteiger partial charge in [-0.2, -0.15) is 0 Å². The molecule has 16 heavy (non-hydrogen) atoms. The molecule has 0 saturated carbocycles. The number of nitrogens with zero attached hydrogens (tertiary/aromatic N) is 2. The number of amides is 1. The summed E-state index contributed by atoms with van der Waals surface area (Å²) in [5.74, 6) is 0.0169. The quantitative estimate of drug-likeness (QED) is 0.740. The number of likely N-dealkylation sites (N-methyl/N-ethyl adjacent to an activating group) is 1. The van der Waals surface area contributed by atoms with Crippen molar-refractivity contribution in [1.82, 2.24) is 20.2 Å². The lowest BCUT2D eigenvalue weighted by atomic mass is 10.3. The Labute approximate surface area is 96.3 Å². The lowest BCUT2D eigenvalue weighted by Gasteiger charge is -2.05. The van der Waals surface area contributed by atoms with Gasteiger partial charge in [0, 0.05) is 25.3 Å². The zero-order valence-electron chi connectivity index (χ0n) is 10.2. The summed E-state index contributed by atoms with van der Waals surface area (Å²) >= 11 is 0. The average molecular weight is 224 g/mol. The number of carbonyl (C=O) groups is 1. The van der Waals surface area contributed by atoms with Gasteiger partial charge in [0.1, 0.15) is 6.54 Å². The molecule has 1 heterocycles. The third-order valence-corrected chi connectivity index (χ3v) is 2.08. The summed E-state index contributed by atoms with van der Waals surface area (Å²) in [5.41, 5.74) is 0.956. The van der Waals surface area contributed by atoms with E-state index >= 15 is 0 Å². The molecule has 1 amide bonds. The van der Waals surface area contributed by atoms with E-state index in [2.05, 4.69) is 29.5 Å². The molecule has 1 aromatic rings. The maximum absolute atomic E-state index is 11.3. The molecule has 0 bridgehead atoms. The summed E-state index contributed by atoms with van der Waals surface area (Å²) in [6, 6.07) is 0.438. The zero-order valence-corrected chi connectivity index (χ0v) is 10.2. The molecular weight excluding hydrogens is 204 g/mol. The summed E-state index contributed by atoms with van der Waals surface area (Å²) in [7, 11) is 0. The fourth-order valence-electron chi connectivity index (χ4n) is 1.31. The van der Waals surface area contributed by atoms with E-state index in [1.165, 1.54) is 0 Å². The van der Waals surface area contributed by atoms with Gasteiger partial charge in [0.05, 0.1) is 12.0 Å². The third-order valence-electron chi connectivity index (χ3n) is 2.08. The molecule has 0 aliphatic heterocycles. The first-order valence-corrected chi connectivity index (χ1v) is 5.62. The standard InChI is InChI=1S/C11H20N4O/c1-4-12-11(16)7-15-6-10(14-8-15)5-13-9(2)3/h6,8-9,13H,4-5,7H2,1-3H3,(H,12,16). The second kappa shape index (κ2) is 6.27. The first-order chi connectivity index (χ1) is 7.61. The molecule has 2 N–H and O–H groups in total. The van der Waals surface area contributed by atoms with Gasteiger partial charge in [-0.3, -0.25) is 4.79 Å². The Morgan fingerprint density at radius 1 is 1.56 bits per heavy atom. The normalized spacial score (nSPS) is 10.8. The monoisotopic (exact) mass is 224 g/mol. The minimum absolute atomic E-state index is 0.0169. The third kappa shape index (κ3) is 4.44. The fourth-order valence-corrected chi connectivity index (χ4v) is 1.31. The predicted molar refractivity (Wildman–Crippen MR) is 62.9 cm³/mol. The molecule has 0 aliphatic rings. The molecule has 0 aliphatic carbocycles. The Morgan fingerprint density at radius 2 is 2.31 bits per heavy atom. The first kappa shape index (κ1) is 12.7. The van der Waals surface area contributed by atoms with Crippen molar-refractivity contribution in [3.05, 3.63) is 18.2 Å². The van der Waals surface area contributed by atoms with Crippen LogP contribution in [0, 0.1) is 0 Å². The van der Waals surface area contributed by atoms with Gasteiger partial charge < -0.3 is 15.2 Å². The van der Waals surface area contributed by atoms with Crippen LogP contribution in [0.1, 0.15) is 26.5 Å². The summed E-state index contributed by atoms with van der Waals surface area (Å²) in [4.78, 5) is 15.5. The van der Waals surface area contributed by atoms with Crippen LogP contribution in [0.15, 0.2) is 12.5 Å². The Balaban J connectivity index is 2.42. The summed E-state index contributed by atoms with van der Waals surface area (Å²) in [6.07, 6.45) is 3.58. The predicted octanol–water partition coefficient (Wildman–Crippen LogP) is 0.517. The maximum Gasteiger partial charge on any atom is 0.239 e. The molecule has 5 nitrogen and oxygen atoms in total. The molecule has 0 radical (unpaired) electrons. The van der Waals surface area contributed by atoms with Gasteiger partial charge in [0.25, 0.3) is 0 Å². The van der Waals surface area contributed by atoms with Crippen molar-refractivity contribution >= 4 is 5.91 Å². The van der Waals surface area contributed by atoms with Gasteiger partial charge in [-0.05, 0) is 6.92 Å². The number of nitrogens with one attached hydrogen (secondary N) is 2. The highest BCUT2D eigenvalue weighted by Crippen LogP contribution is 1.96. The number of imidazole rings is 1. The number of hydrogen-bond donors (Lipinski definition) is 2. The molecule has 0 spiro atoms. The van der Waals surface area contributed by atoms with E-state index in [9.17, 15) is 4.79 Å². The van der Waals surface area contributed by atoms with Crippen molar-refractivity contribution in [2.75, 3.05) is 6.54 Å². The van der Waals surface area contributed by atoms with Gasteiger partial charge in [0.2, 0.25) is 5.91 Å². The second-order valence-electron chi connectivity index (χ2n) is 4.03. The van der Waals surface area contributed by atoms with Gasteiger partial charge in [-0.15, -0.1) is 0 Å². The first-order valence-electron chi connectivity index (χ1n) is 5.62. The van der Waals surface area contributed by atoms with Crippen molar-refractivity contribution in [3.63, 3.8) is 0 Å². The van der Waals surface area contributed by atoms with E-state index in [4.69, 9.17) is 0 Å². The number of rotatable bonds is 6. The van der Waals surface area contributed by atoms with Crippen LogP contribution >= 0.6 is 0 Å². The largest absolute Gasteiger partial charge is 0.355 e. The van der Waals surface area contributed by atoms with E-state index in [0.717, 1.165) is 12.2 Å². The molecule has 0 fully saturated rings. The van der Waals surface area contributed by atoms with Crippen LogP contribution < -0.4 is 10.6 Å². The van der Waals surface area contributed by atoms with E-state index in [0.29, 0.717) is 19.1 Å². The highest BCUT2D eigenvalue weighted by atomic mass is 16.1. The minimum atomic E-state index is 0.0169. The average Bonchev–Trinajstić information content (AvgIpc) is 2.63. The van der Waals surface area contributed by atoms with Crippen LogP contribution in [0.25, 0.3) is 0 Å².